The SMILES string of the molecule is CCC(C)CN(C)CC(=O)c1cc(C)n(C)c1C. The van der Waals surface area contributed by atoms with E-state index in [1.165, 1.54) is 0 Å². The molecule has 1 unspecified atom stereocenters. The lowest BCUT2D eigenvalue weighted by atomic mass is 10.1. The molecule has 0 saturated carbocycles. The number of carbonyl (C=O) groups is 1. The van der Waals surface area contributed by atoms with E-state index >= 15 is 0 Å². The van der Waals surface area contributed by atoms with Gasteiger partial charge in [-0.25, -0.2) is 0 Å². The molecule has 0 fully saturated rings. The van der Waals surface area contributed by atoms with Crippen LogP contribution >= 0.6 is 0 Å². The number of Topliss-reactive ketones (excluding diaryl/α,β-unsaturated/α-hetero) is 1. The second-order valence-corrected chi connectivity index (χ2v) is 5.48. The molecule has 0 spiro atoms. The molecule has 18 heavy (non-hydrogen) atoms. The van der Waals surface area contributed by atoms with Crippen LogP contribution in [0.4, 0.5) is 0 Å². The highest BCUT2D eigenvalue weighted by atomic mass is 16.1. The van der Waals surface area contributed by atoms with E-state index in [1.807, 2.05) is 34.0 Å². The average Bonchev–Trinajstić information content (AvgIpc) is 2.56. The molecule has 0 aliphatic carbocycles. The Kier molecular flexibility index (Phi) is 5.15. The first-order valence-electron chi connectivity index (χ1n) is 6.71. The number of ketones is 1. The molecular formula is C15H26N2O. The van der Waals surface area contributed by atoms with Crippen molar-refractivity contribution in [2.75, 3.05) is 20.1 Å². The molecule has 1 aromatic rings. The molecule has 0 radical (unpaired) electrons. The molecule has 0 aliphatic rings. The Morgan fingerprint density at radius 2 is 2.06 bits per heavy atom. The number of aryl methyl sites for hydroxylation is 1. The highest BCUT2D eigenvalue weighted by Gasteiger charge is 2.16. The highest BCUT2D eigenvalue weighted by Crippen LogP contribution is 2.14. The molecule has 0 aromatic carbocycles. The molecule has 0 aliphatic heterocycles. The van der Waals surface area contributed by atoms with Crippen molar-refractivity contribution in [2.45, 2.75) is 34.1 Å². The first-order valence-corrected chi connectivity index (χ1v) is 6.71. The van der Waals surface area contributed by atoms with Gasteiger partial charge in [0.15, 0.2) is 5.78 Å². The van der Waals surface area contributed by atoms with Crippen molar-refractivity contribution in [1.29, 1.82) is 0 Å². The summed E-state index contributed by atoms with van der Waals surface area (Å²) >= 11 is 0. The van der Waals surface area contributed by atoms with Gasteiger partial charge in [0, 0.05) is 30.5 Å². The molecule has 0 N–H and O–H groups in total. The van der Waals surface area contributed by atoms with Crippen molar-refractivity contribution >= 4 is 5.78 Å². The van der Waals surface area contributed by atoms with Gasteiger partial charge in [-0.1, -0.05) is 20.3 Å². The first kappa shape index (κ1) is 15.0. The van der Waals surface area contributed by atoms with Gasteiger partial charge in [0.05, 0.1) is 6.54 Å². The quantitative estimate of drug-likeness (QED) is 0.725. The summed E-state index contributed by atoms with van der Waals surface area (Å²) < 4.78 is 2.07. The zero-order valence-electron chi connectivity index (χ0n) is 12.6. The number of hydrogen-bond acceptors (Lipinski definition) is 2. The van der Waals surface area contributed by atoms with Crippen molar-refractivity contribution in [2.24, 2.45) is 13.0 Å². The van der Waals surface area contributed by atoms with Gasteiger partial charge in [-0.2, -0.15) is 0 Å². The lowest BCUT2D eigenvalue weighted by Crippen LogP contribution is -2.30. The van der Waals surface area contributed by atoms with Gasteiger partial charge in [-0.05, 0) is 32.9 Å². The predicted molar refractivity (Wildman–Crippen MR) is 76.2 cm³/mol. The topological polar surface area (TPSA) is 25.2 Å². The number of carbonyl (C=O) groups excluding carboxylic acids is 1. The van der Waals surface area contributed by atoms with E-state index in [9.17, 15) is 4.79 Å². The minimum atomic E-state index is 0.224. The van der Waals surface area contributed by atoms with Crippen LogP contribution in [0.3, 0.4) is 0 Å². The van der Waals surface area contributed by atoms with Crippen molar-refractivity contribution in [3.63, 3.8) is 0 Å². The van der Waals surface area contributed by atoms with Crippen LogP contribution in [0.2, 0.25) is 0 Å². The molecule has 1 heterocycles. The van der Waals surface area contributed by atoms with Crippen LogP contribution < -0.4 is 0 Å². The second-order valence-electron chi connectivity index (χ2n) is 5.48. The van der Waals surface area contributed by atoms with Gasteiger partial charge in [-0.3, -0.25) is 9.69 Å². The summed E-state index contributed by atoms with van der Waals surface area (Å²) in [5.41, 5.74) is 3.07. The van der Waals surface area contributed by atoms with Gasteiger partial charge in [0.1, 0.15) is 0 Å². The molecule has 1 atom stereocenters. The zero-order valence-corrected chi connectivity index (χ0v) is 12.6. The molecule has 1 aromatic heterocycles. The number of hydrogen-bond donors (Lipinski definition) is 0. The lowest BCUT2D eigenvalue weighted by molar-refractivity contribution is 0.0938. The molecule has 0 amide bonds. The van der Waals surface area contributed by atoms with E-state index in [-0.39, 0.29) is 5.78 Å². The number of rotatable bonds is 6. The highest BCUT2D eigenvalue weighted by molar-refractivity contribution is 5.99. The summed E-state index contributed by atoms with van der Waals surface area (Å²) in [5, 5.41) is 0. The summed E-state index contributed by atoms with van der Waals surface area (Å²) in [6.07, 6.45) is 1.15. The summed E-state index contributed by atoms with van der Waals surface area (Å²) in [4.78, 5) is 14.4. The maximum Gasteiger partial charge on any atom is 0.178 e. The van der Waals surface area contributed by atoms with E-state index < -0.39 is 0 Å². The van der Waals surface area contributed by atoms with Crippen molar-refractivity contribution in [3.8, 4) is 0 Å². The van der Waals surface area contributed by atoms with E-state index in [2.05, 4.69) is 23.3 Å². The Hall–Kier alpha value is -1.09. The summed E-state index contributed by atoms with van der Waals surface area (Å²) in [6, 6.07) is 1.99. The molecule has 0 bridgehead atoms. The first-order chi connectivity index (χ1) is 8.36. The fraction of sp³-hybridized carbons (Fsp3) is 0.667. The molecule has 1 rings (SSSR count). The fourth-order valence-corrected chi connectivity index (χ4v) is 2.19. The molecule has 0 saturated heterocycles. The van der Waals surface area contributed by atoms with Crippen LogP contribution in [0.15, 0.2) is 6.07 Å². The van der Waals surface area contributed by atoms with Crippen LogP contribution in [0, 0.1) is 19.8 Å². The fourth-order valence-electron chi connectivity index (χ4n) is 2.19. The van der Waals surface area contributed by atoms with E-state index in [0.29, 0.717) is 12.5 Å². The molecule has 3 nitrogen and oxygen atoms in total. The van der Waals surface area contributed by atoms with E-state index in [0.717, 1.165) is 29.9 Å². The van der Waals surface area contributed by atoms with Crippen molar-refractivity contribution in [1.82, 2.24) is 9.47 Å². The van der Waals surface area contributed by atoms with Crippen LogP contribution in [0.5, 0.6) is 0 Å². The van der Waals surface area contributed by atoms with Gasteiger partial charge in [-0.15, -0.1) is 0 Å². The van der Waals surface area contributed by atoms with E-state index in [1.54, 1.807) is 0 Å². The third kappa shape index (κ3) is 3.45. The van der Waals surface area contributed by atoms with Crippen molar-refractivity contribution < 1.29 is 4.79 Å². The summed E-state index contributed by atoms with van der Waals surface area (Å²) in [5.74, 6) is 0.864. The lowest BCUT2D eigenvalue weighted by Gasteiger charge is -2.19. The largest absolute Gasteiger partial charge is 0.351 e. The Morgan fingerprint density at radius 1 is 1.44 bits per heavy atom. The predicted octanol–water partition coefficient (Wildman–Crippen LogP) is 2.80. The number of aromatic nitrogens is 1. The number of nitrogens with zero attached hydrogens (tertiary/aromatic N) is 2. The van der Waals surface area contributed by atoms with Gasteiger partial charge >= 0.3 is 0 Å². The minimum Gasteiger partial charge on any atom is -0.351 e. The van der Waals surface area contributed by atoms with Crippen molar-refractivity contribution in [3.05, 3.63) is 23.0 Å². The molecule has 102 valence electrons. The Balaban J connectivity index is 2.68. The summed E-state index contributed by atoms with van der Waals surface area (Å²) in [6.45, 7) is 9.94. The van der Waals surface area contributed by atoms with Gasteiger partial charge in [0.25, 0.3) is 0 Å². The van der Waals surface area contributed by atoms with Gasteiger partial charge < -0.3 is 4.57 Å². The number of likely N-dealkylation sites (N-methyl/N-ethyl adjacent to an activating group) is 1. The maximum absolute atomic E-state index is 12.3. The van der Waals surface area contributed by atoms with Gasteiger partial charge in [0.2, 0.25) is 0 Å². The summed E-state index contributed by atoms with van der Waals surface area (Å²) in [7, 11) is 4.03. The Bertz CT molecular complexity index is 420. The van der Waals surface area contributed by atoms with Crippen LogP contribution in [0.1, 0.15) is 42.0 Å². The average molecular weight is 250 g/mol. The molecule has 3 heteroatoms. The standard InChI is InChI=1S/C15H26N2O/c1-7-11(2)9-16(5)10-15(18)14-8-12(3)17(6)13(14)4/h8,11H,7,9-10H2,1-6H3. The zero-order chi connectivity index (χ0) is 13.9. The van der Waals surface area contributed by atoms with Crippen LogP contribution in [-0.4, -0.2) is 35.4 Å². The van der Waals surface area contributed by atoms with Crippen LogP contribution in [-0.2, 0) is 7.05 Å². The Morgan fingerprint density at radius 3 is 2.50 bits per heavy atom. The maximum atomic E-state index is 12.3. The van der Waals surface area contributed by atoms with E-state index in [4.69, 9.17) is 0 Å². The monoisotopic (exact) mass is 250 g/mol. The third-order valence-electron chi connectivity index (χ3n) is 3.81. The van der Waals surface area contributed by atoms with Crippen LogP contribution in [0.25, 0.3) is 0 Å². The second kappa shape index (κ2) is 6.19. The normalized spacial score (nSPS) is 13.1. The Labute approximate surface area is 111 Å². The smallest absolute Gasteiger partial charge is 0.178 e. The third-order valence-corrected chi connectivity index (χ3v) is 3.81. The molecular weight excluding hydrogens is 224 g/mol. The minimum absolute atomic E-state index is 0.224.